The van der Waals surface area contributed by atoms with Crippen LogP contribution in [0.15, 0.2) is 15.2 Å². The number of amides is 1. The fourth-order valence-electron chi connectivity index (χ4n) is 2.86. The van der Waals surface area contributed by atoms with Crippen molar-refractivity contribution in [2.75, 3.05) is 25.9 Å². The van der Waals surface area contributed by atoms with E-state index >= 15 is 0 Å². The van der Waals surface area contributed by atoms with Gasteiger partial charge < -0.3 is 13.8 Å². The van der Waals surface area contributed by atoms with E-state index in [-0.39, 0.29) is 30.1 Å². The fraction of sp³-hybridized carbons (Fsp3) is 0.625. The molecule has 2 aromatic heterocycles. The predicted octanol–water partition coefficient (Wildman–Crippen LogP) is 0.818. The summed E-state index contributed by atoms with van der Waals surface area (Å²) >= 11 is 0. The minimum Gasteiger partial charge on any atom is -0.448 e. The summed E-state index contributed by atoms with van der Waals surface area (Å²) in [4.78, 5) is 22.1. The van der Waals surface area contributed by atoms with E-state index in [1.807, 2.05) is 13.8 Å². The minimum atomic E-state index is -3.44. The number of aryl methyl sites for hydroxylation is 1. The van der Waals surface area contributed by atoms with E-state index in [1.165, 1.54) is 10.6 Å². The van der Waals surface area contributed by atoms with Gasteiger partial charge >= 0.3 is 0 Å². The molecule has 3 rings (SSSR count). The van der Waals surface area contributed by atoms with Crippen molar-refractivity contribution >= 4 is 15.9 Å². The second-order valence-corrected chi connectivity index (χ2v) is 8.88. The zero-order valence-electron chi connectivity index (χ0n) is 15.7. The normalized spacial score (nSPS) is 15.6. The number of nitrogens with zero attached hydrogens (tertiary/aromatic N) is 5. The third-order valence-corrected chi connectivity index (χ3v) is 5.69. The van der Waals surface area contributed by atoms with Crippen LogP contribution in [0.3, 0.4) is 0 Å². The van der Waals surface area contributed by atoms with Crippen LogP contribution in [-0.4, -0.2) is 70.6 Å². The van der Waals surface area contributed by atoms with Gasteiger partial charge in [0.05, 0.1) is 12.3 Å². The summed E-state index contributed by atoms with van der Waals surface area (Å²) in [5, 5.41) is 3.89. The van der Waals surface area contributed by atoms with Crippen LogP contribution in [0.4, 0.5) is 0 Å². The first-order chi connectivity index (χ1) is 12.6. The van der Waals surface area contributed by atoms with E-state index in [4.69, 9.17) is 8.94 Å². The largest absolute Gasteiger partial charge is 0.448 e. The molecule has 148 valence electrons. The summed E-state index contributed by atoms with van der Waals surface area (Å²) in [6.45, 7) is 6.38. The van der Waals surface area contributed by atoms with Crippen molar-refractivity contribution in [2.45, 2.75) is 39.2 Å². The first-order valence-electron chi connectivity index (χ1n) is 8.66. The predicted molar refractivity (Wildman–Crippen MR) is 94.6 cm³/mol. The number of likely N-dealkylation sites (tertiary alicyclic amines) is 1. The molecule has 0 spiro atoms. The lowest BCUT2D eigenvalue weighted by Gasteiger charge is -2.43. The molecule has 1 aliphatic rings. The van der Waals surface area contributed by atoms with Crippen molar-refractivity contribution in [3.05, 3.63) is 29.6 Å². The molecular formula is C16H23N5O5S. The Bertz CT molecular complexity index is 913. The summed E-state index contributed by atoms with van der Waals surface area (Å²) in [5.41, 5.74) is 0.227. The van der Waals surface area contributed by atoms with Gasteiger partial charge in [0.25, 0.3) is 5.91 Å². The molecule has 0 bridgehead atoms. The first kappa shape index (κ1) is 19.5. The molecule has 27 heavy (non-hydrogen) atoms. The van der Waals surface area contributed by atoms with E-state index < -0.39 is 10.0 Å². The number of rotatable bonds is 7. The van der Waals surface area contributed by atoms with Crippen molar-refractivity contribution in [1.29, 1.82) is 0 Å². The van der Waals surface area contributed by atoms with Crippen molar-refractivity contribution < 1.29 is 22.2 Å². The molecule has 1 saturated heterocycles. The molecule has 0 aromatic carbocycles. The maximum atomic E-state index is 12.3. The molecule has 3 heterocycles. The van der Waals surface area contributed by atoms with Gasteiger partial charge in [0, 0.05) is 38.9 Å². The molecule has 11 heteroatoms. The Balaban J connectivity index is 1.60. The van der Waals surface area contributed by atoms with Crippen molar-refractivity contribution in [3.63, 3.8) is 0 Å². The molecule has 0 aliphatic carbocycles. The van der Waals surface area contributed by atoms with Crippen LogP contribution in [0.5, 0.6) is 0 Å². The van der Waals surface area contributed by atoms with E-state index in [0.717, 1.165) is 6.26 Å². The molecule has 0 unspecified atom stereocenters. The van der Waals surface area contributed by atoms with Crippen molar-refractivity contribution in [2.24, 2.45) is 0 Å². The van der Waals surface area contributed by atoms with Gasteiger partial charge in [-0.05, 0) is 0 Å². The third kappa shape index (κ3) is 4.35. The smallest absolute Gasteiger partial charge is 0.275 e. The Morgan fingerprint density at radius 3 is 2.59 bits per heavy atom. The molecule has 2 aromatic rings. The summed E-state index contributed by atoms with van der Waals surface area (Å²) in [5.74, 6) is 1.26. The van der Waals surface area contributed by atoms with Crippen LogP contribution in [0.2, 0.25) is 0 Å². The highest BCUT2D eigenvalue weighted by Gasteiger charge is 2.39. The highest BCUT2D eigenvalue weighted by atomic mass is 32.2. The topological polar surface area (TPSA) is 123 Å². The Morgan fingerprint density at radius 2 is 2.07 bits per heavy atom. The van der Waals surface area contributed by atoms with Crippen LogP contribution in [0, 0.1) is 6.92 Å². The van der Waals surface area contributed by atoms with Gasteiger partial charge in [-0.15, -0.1) is 0 Å². The lowest BCUT2D eigenvalue weighted by molar-refractivity contribution is 0.0448. The van der Waals surface area contributed by atoms with Gasteiger partial charge in [-0.1, -0.05) is 19.0 Å². The van der Waals surface area contributed by atoms with Gasteiger partial charge in [-0.25, -0.2) is 13.4 Å². The van der Waals surface area contributed by atoms with Gasteiger partial charge in [0.1, 0.15) is 6.26 Å². The number of carbonyl (C=O) groups is 1. The summed E-state index contributed by atoms with van der Waals surface area (Å²) in [6.07, 6.45) is 2.81. The van der Waals surface area contributed by atoms with Crippen LogP contribution in [-0.2, 0) is 16.4 Å². The fourth-order valence-corrected chi connectivity index (χ4v) is 3.96. The number of hydrogen-bond acceptors (Lipinski definition) is 8. The third-order valence-electron chi connectivity index (χ3n) is 4.35. The zero-order chi connectivity index (χ0) is 19.8. The maximum absolute atomic E-state index is 12.3. The average Bonchev–Trinajstić information content (AvgIpc) is 3.16. The lowest BCUT2D eigenvalue weighted by atomic mass is 10.1. The van der Waals surface area contributed by atoms with Gasteiger partial charge in [-0.2, -0.15) is 9.29 Å². The van der Waals surface area contributed by atoms with Gasteiger partial charge in [0.15, 0.2) is 17.4 Å². The average molecular weight is 397 g/mol. The number of aromatic nitrogens is 3. The second-order valence-electron chi connectivity index (χ2n) is 6.94. The lowest BCUT2D eigenvalue weighted by Crippen LogP contribution is -2.62. The number of oxazole rings is 1. The molecule has 0 radical (unpaired) electrons. The van der Waals surface area contributed by atoms with Gasteiger partial charge in [0.2, 0.25) is 15.9 Å². The Labute approximate surface area is 157 Å². The first-order valence-corrected chi connectivity index (χ1v) is 10.5. The molecule has 0 saturated carbocycles. The number of sulfonamides is 1. The monoisotopic (exact) mass is 397 g/mol. The van der Waals surface area contributed by atoms with Crippen molar-refractivity contribution in [1.82, 2.24) is 24.3 Å². The van der Waals surface area contributed by atoms with Crippen LogP contribution < -0.4 is 0 Å². The molecule has 1 amide bonds. The molecule has 10 nitrogen and oxygen atoms in total. The molecule has 0 atom stereocenters. The number of hydrogen-bond donors (Lipinski definition) is 0. The van der Waals surface area contributed by atoms with E-state index in [2.05, 4.69) is 15.1 Å². The second kappa shape index (κ2) is 7.39. The molecule has 0 N–H and O–H groups in total. The summed E-state index contributed by atoms with van der Waals surface area (Å²) in [6, 6.07) is -0.284. The highest BCUT2D eigenvalue weighted by Crippen LogP contribution is 2.21. The van der Waals surface area contributed by atoms with Crippen LogP contribution in [0.25, 0.3) is 0 Å². The SMILES string of the molecule is Cc1nc(C(=O)N2CC(N(CCc3noc(C(C)C)n3)S(C)(=O)=O)C2)co1. The summed E-state index contributed by atoms with van der Waals surface area (Å²) in [7, 11) is -3.44. The van der Waals surface area contributed by atoms with Crippen LogP contribution in [0.1, 0.15) is 47.9 Å². The Kier molecular flexibility index (Phi) is 5.33. The standard InChI is InChI=1S/C16H23N5O5S/c1-10(2)15-18-14(19-26-15)5-6-21(27(4,23)24)12-7-20(8-12)16(22)13-9-25-11(3)17-13/h9-10,12H,5-8H2,1-4H3. The van der Waals surface area contributed by atoms with Crippen LogP contribution >= 0.6 is 0 Å². The molecule has 1 fully saturated rings. The molecule has 1 aliphatic heterocycles. The number of carbonyl (C=O) groups excluding carboxylic acids is 1. The van der Waals surface area contributed by atoms with Crippen molar-refractivity contribution in [3.8, 4) is 0 Å². The van der Waals surface area contributed by atoms with Gasteiger partial charge in [-0.3, -0.25) is 4.79 Å². The summed E-state index contributed by atoms with van der Waals surface area (Å²) < 4.78 is 35.9. The van der Waals surface area contributed by atoms with E-state index in [1.54, 1.807) is 11.8 Å². The minimum absolute atomic E-state index is 0.114. The quantitative estimate of drug-likeness (QED) is 0.673. The van der Waals surface area contributed by atoms with E-state index in [9.17, 15) is 13.2 Å². The Hall–Kier alpha value is -2.27. The van der Waals surface area contributed by atoms with E-state index in [0.29, 0.717) is 37.1 Å². The maximum Gasteiger partial charge on any atom is 0.275 e. The zero-order valence-corrected chi connectivity index (χ0v) is 16.6. The highest BCUT2D eigenvalue weighted by molar-refractivity contribution is 7.88. The molecular weight excluding hydrogens is 374 g/mol. The Morgan fingerprint density at radius 1 is 1.37 bits per heavy atom.